The zero-order chi connectivity index (χ0) is 9.84. The summed E-state index contributed by atoms with van der Waals surface area (Å²) < 4.78 is 12.8. The van der Waals surface area contributed by atoms with E-state index in [2.05, 4.69) is 15.9 Å². The molecule has 0 radical (unpaired) electrons. The molecule has 0 spiro atoms. The van der Waals surface area contributed by atoms with Crippen molar-refractivity contribution in [3.05, 3.63) is 28.2 Å². The standard InChI is InChI=1S/C9H11BrFNO/c10-8-2-1-6(13)5-7(8)9(12)3-4-11/h1-2,5,9,13H,3-4,12H2/t9-/m1/s1. The van der Waals surface area contributed by atoms with Crippen LogP contribution in [-0.4, -0.2) is 11.8 Å². The smallest absolute Gasteiger partial charge is 0.115 e. The van der Waals surface area contributed by atoms with Gasteiger partial charge < -0.3 is 10.8 Å². The van der Waals surface area contributed by atoms with Gasteiger partial charge in [0.25, 0.3) is 0 Å². The van der Waals surface area contributed by atoms with Crippen LogP contribution >= 0.6 is 15.9 Å². The second kappa shape index (κ2) is 4.58. The number of phenols is 1. The molecule has 0 heterocycles. The molecule has 1 aromatic rings. The summed E-state index contributed by atoms with van der Waals surface area (Å²) >= 11 is 3.29. The highest BCUT2D eigenvalue weighted by atomic mass is 79.9. The van der Waals surface area contributed by atoms with Gasteiger partial charge >= 0.3 is 0 Å². The summed E-state index contributed by atoms with van der Waals surface area (Å²) in [5.74, 6) is 0.146. The maximum Gasteiger partial charge on any atom is 0.115 e. The van der Waals surface area contributed by atoms with Crippen molar-refractivity contribution in [3.63, 3.8) is 0 Å². The van der Waals surface area contributed by atoms with E-state index in [1.165, 1.54) is 0 Å². The predicted molar refractivity (Wildman–Crippen MR) is 53.3 cm³/mol. The van der Waals surface area contributed by atoms with Crippen LogP contribution < -0.4 is 5.73 Å². The van der Waals surface area contributed by atoms with E-state index in [1.807, 2.05) is 0 Å². The molecule has 0 saturated heterocycles. The molecular formula is C9H11BrFNO. The number of phenolic OH excluding ortho intramolecular Hbond substituents is 1. The van der Waals surface area contributed by atoms with Gasteiger partial charge in [-0.15, -0.1) is 0 Å². The van der Waals surface area contributed by atoms with Gasteiger partial charge in [0.05, 0.1) is 6.67 Å². The zero-order valence-corrected chi connectivity index (χ0v) is 8.59. The Morgan fingerprint density at radius 3 is 2.85 bits per heavy atom. The van der Waals surface area contributed by atoms with E-state index < -0.39 is 6.67 Å². The maximum absolute atomic E-state index is 12.0. The molecular weight excluding hydrogens is 237 g/mol. The number of halogens is 2. The molecule has 0 saturated carbocycles. The van der Waals surface area contributed by atoms with Crippen LogP contribution in [0.15, 0.2) is 22.7 Å². The van der Waals surface area contributed by atoms with E-state index in [9.17, 15) is 9.50 Å². The Morgan fingerprint density at radius 1 is 1.54 bits per heavy atom. The third-order valence-corrected chi connectivity index (χ3v) is 2.52. The molecule has 0 aromatic heterocycles. The van der Waals surface area contributed by atoms with Crippen molar-refractivity contribution in [1.82, 2.24) is 0 Å². The van der Waals surface area contributed by atoms with E-state index in [0.717, 1.165) is 10.0 Å². The lowest BCUT2D eigenvalue weighted by Gasteiger charge is -2.12. The van der Waals surface area contributed by atoms with Gasteiger partial charge in [-0.3, -0.25) is 4.39 Å². The third-order valence-electron chi connectivity index (χ3n) is 1.80. The number of nitrogens with two attached hydrogens (primary N) is 1. The van der Waals surface area contributed by atoms with Crippen LogP contribution in [0.2, 0.25) is 0 Å². The molecule has 0 aliphatic heterocycles. The molecule has 0 bridgehead atoms. The van der Waals surface area contributed by atoms with Crippen molar-refractivity contribution in [3.8, 4) is 5.75 Å². The quantitative estimate of drug-likeness (QED) is 0.863. The van der Waals surface area contributed by atoms with Crippen molar-refractivity contribution in [2.45, 2.75) is 12.5 Å². The Labute approximate surface area is 84.7 Å². The largest absolute Gasteiger partial charge is 0.508 e. The van der Waals surface area contributed by atoms with E-state index in [4.69, 9.17) is 5.73 Å². The lowest BCUT2D eigenvalue weighted by molar-refractivity contribution is 0.438. The lowest BCUT2D eigenvalue weighted by Crippen LogP contribution is -2.11. The topological polar surface area (TPSA) is 46.2 Å². The van der Waals surface area contributed by atoms with Crippen LogP contribution in [0.4, 0.5) is 4.39 Å². The molecule has 1 atom stereocenters. The average Bonchev–Trinajstić information content (AvgIpc) is 2.09. The fraction of sp³-hybridized carbons (Fsp3) is 0.333. The highest BCUT2D eigenvalue weighted by Crippen LogP contribution is 2.27. The lowest BCUT2D eigenvalue weighted by atomic mass is 10.1. The second-order valence-corrected chi connectivity index (χ2v) is 3.64. The van der Waals surface area contributed by atoms with Crippen molar-refractivity contribution in [2.24, 2.45) is 5.73 Å². The molecule has 2 nitrogen and oxygen atoms in total. The molecule has 4 heteroatoms. The minimum atomic E-state index is -0.455. The summed E-state index contributed by atoms with van der Waals surface area (Å²) in [7, 11) is 0. The van der Waals surface area contributed by atoms with Crippen molar-refractivity contribution in [2.75, 3.05) is 6.67 Å². The van der Waals surface area contributed by atoms with Crippen LogP contribution in [0.1, 0.15) is 18.0 Å². The Balaban J connectivity index is 2.91. The fourth-order valence-electron chi connectivity index (χ4n) is 1.09. The summed E-state index contributed by atoms with van der Waals surface area (Å²) in [6, 6.07) is 4.43. The molecule has 1 aromatic carbocycles. The number of hydrogen-bond acceptors (Lipinski definition) is 2. The summed E-state index contributed by atoms with van der Waals surface area (Å²) in [6.07, 6.45) is 0.266. The first-order valence-electron chi connectivity index (χ1n) is 3.95. The zero-order valence-electron chi connectivity index (χ0n) is 7.00. The molecule has 0 amide bonds. The molecule has 0 aliphatic carbocycles. The summed E-state index contributed by atoms with van der Waals surface area (Å²) in [6.45, 7) is -0.455. The van der Waals surface area contributed by atoms with Crippen LogP contribution in [0.3, 0.4) is 0 Å². The molecule has 0 fully saturated rings. The SMILES string of the molecule is N[C@H](CCF)c1cc(O)ccc1Br. The van der Waals surface area contributed by atoms with Crippen LogP contribution in [0.5, 0.6) is 5.75 Å². The monoisotopic (exact) mass is 247 g/mol. The predicted octanol–water partition coefficient (Wildman–Crippen LogP) is 2.51. The van der Waals surface area contributed by atoms with Gasteiger partial charge in [0.15, 0.2) is 0 Å². The molecule has 0 unspecified atom stereocenters. The number of aromatic hydroxyl groups is 1. The van der Waals surface area contributed by atoms with E-state index >= 15 is 0 Å². The van der Waals surface area contributed by atoms with Gasteiger partial charge in [-0.2, -0.15) is 0 Å². The first kappa shape index (κ1) is 10.5. The van der Waals surface area contributed by atoms with E-state index in [-0.39, 0.29) is 18.2 Å². The highest BCUT2D eigenvalue weighted by Gasteiger charge is 2.09. The summed E-state index contributed by atoms with van der Waals surface area (Å²) in [5, 5.41) is 9.18. The Hall–Kier alpha value is -0.610. The number of rotatable bonds is 3. The Morgan fingerprint density at radius 2 is 2.23 bits per heavy atom. The van der Waals surface area contributed by atoms with E-state index in [0.29, 0.717) is 0 Å². The number of alkyl halides is 1. The molecule has 1 rings (SSSR count). The van der Waals surface area contributed by atoms with Crippen molar-refractivity contribution < 1.29 is 9.50 Å². The van der Waals surface area contributed by atoms with Crippen molar-refractivity contribution >= 4 is 15.9 Å². The summed E-state index contributed by atoms with van der Waals surface area (Å²) in [5.41, 5.74) is 6.43. The molecule has 72 valence electrons. The number of hydrogen-bond donors (Lipinski definition) is 2. The highest BCUT2D eigenvalue weighted by molar-refractivity contribution is 9.10. The van der Waals surface area contributed by atoms with Gasteiger partial charge in [0.2, 0.25) is 0 Å². The van der Waals surface area contributed by atoms with Crippen molar-refractivity contribution in [1.29, 1.82) is 0 Å². The summed E-state index contributed by atoms with van der Waals surface area (Å²) in [4.78, 5) is 0. The molecule has 3 N–H and O–H groups in total. The minimum Gasteiger partial charge on any atom is -0.508 e. The van der Waals surface area contributed by atoms with E-state index in [1.54, 1.807) is 18.2 Å². The van der Waals surface area contributed by atoms with Crippen LogP contribution in [-0.2, 0) is 0 Å². The molecule has 0 aliphatic rings. The van der Waals surface area contributed by atoms with Crippen LogP contribution in [0, 0.1) is 0 Å². The second-order valence-electron chi connectivity index (χ2n) is 2.79. The minimum absolute atomic E-state index is 0.146. The van der Waals surface area contributed by atoms with Gasteiger partial charge in [-0.1, -0.05) is 15.9 Å². The van der Waals surface area contributed by atoms with Gasteiger partial charge in [-0.05, 0) is 30.2 Å². The first-order chi connectivity index (χ1) is 6.15. The van der Waals surface area contributed by atoms with Gasteiger partial charge in [0, 0.05) is 10.5 Å². The number of benzene rings is 1. The maximum atomic E-state index is 12.0. The Kier molecular flexibility index (Phi) is 3.69. The third kappa shape index (κ3) is 2.67. The average molecular weight is 248 g/mol. The fourth-order valence-corrected chi connectivity index (χ4v) is 1.63. The van der Waals surface area contributed by atoms with Gasteiger partial charge in [-0.25, -0.2) is 0 Å². The Bertz CT molecular complexity index is 293. The van der Waals surface area contributed by atoms with Crippen LogP contribution in [0.25, 0.3) is 0 Å². The van der Waals surface area contributed by atoms with Gasteiger partial charge in [0.1, 0.15) is 5.75 Å². The molecule has 13 heavy (non-hydrogen) atoms. The first-order valence-corrected chi connectivity index (χ1v) is 4.74. The normalized spacial score (nSPS) is 12.8.